The van der Waals surface area contributed by atoms with E-state index < -0.39 is 22.8 Å². The van der Waals surface area contributed by atoms with E-state index in [1.807, 2.05) is 83.2 Å². The highest BCUT2D eigenvalue weighted by molar-refractivity contribution is 6.10. The lowest BCUT2D eigenvalue weighted by molar-refractivity contribution is -0.138. The number of hydrogen-bond donors (Lipinski definition) is 5. The first-order valence-electron chi connectivity index (χ1n) is 15.4. The number of carbonyl (C=O) groups excluding carboxylic acids is 3. The number of rotatable bonds is 8. The molecule has 2 heterocycles. The van der Waals surface area contributed by atoms with Crippen molar-refractivity contribution in [3.63, 3.8) is 0 Å². The van der Waals surface area contributed by atoms with E-state index in [0.29, 0.717) is 24.7 Å². The smallest absolute Gasteiger partial charge is 0.268 e. The average Bonchev–Trinajstić information content (AvgIpc) is 3.39. The highest BCUT2D eigenvalue weighted by atomic mass is 16.3. The van der Waals surface area contributed by atoms with Crippen molar-refractivity contribution in [1.82, 2.24) is 15.6 Å². The molecule has 0 bridgehead atoms. The summed E-state index contributed by atoms with van der Waals surface area (Å²) in [6, 6.07) is 9.23. The van der Waals surface area contributed by atoms with Crippen molar-refractivity contribution in [1.29, 1.82) is 0 Å². The number of nitrogens with one attached hydrogen (secondary N) is 3. The average molecular weight is 620 g/mol. The summed E-state index contributed by atoms with van der Waals surface area (Å²) in [4.78, 5) is 43.3. The molecule has 1 aliphatic heterocycles. The summed E-state index contributed by atoms with van der Waals surface area (Å²) >= 11 is 0. The molecule has 0 unspecified atom stereocenters. The minimum Gasteiger partial charge on any atom is -0.507 e. The molecule has 8 heteroatoms. The Morgan fingerprint density at radius 1 is 1.11 bits per heavy atom. The third-order valence-corrected chi connectivity index (χ3v) is 9.04. The summed E-state index contributed by atoms with van der Waals surface area (Å²) < 4.78 is 0. The van der Waals surface area contributed by atoms with Gasteiger partial charge in [0.05, 0.1) is 5.56 Å². The second-order valence-electron chi connectivity index (χ2n) is 13.1. The van der Waals surface area contributed by atoms with E-state index >= 15 is 0 Å². The Labute approximate surface area is 269 Å². The molecule has 2 aromatic carbocycles. The van der Waals surface area contributed by atoms with Gasteiger partial charge in [-0.2, -0.15) is 0 Å². The molecule has 0 saturated carbocycles. The highest BCUT2D eigenvalue weighted by Gasteiger charge is 2.50. The molecule has 0 radical (unpaired) electrons. The van der Waals surface area contributed by atoms with Gasteiger partial charge in [0.1, 0.15) is 22.7 Å². The number of amides is 2. The fourth-order valence-electron chi connectivity index (χ4n) is 6.29. The van der Waals surface area contributed by atoms with Gasteiger partial charge in [0.2, 0.25) is 0 Å². The van der Waals surface area contributed by atoms with Crippen molar-refractivity contribution in [2.24, 2.45) is 11.8 Å². The van der Waals surface area contributed by atoms with Gasteiger partial charge in [0.15, 0.2) is 6.29 Å². The van der Waals surface area contributed by atoms with Crippen LogP contribution in [0.25, 0.3) is 23.1 Å². The number of aldehydes is 1. The second-order valence-corrected chi connectivity index (χ2v) is 13.1. The monoisotopic (exact) mass is 619 g/mol. The lowest BCUT2D eigenvalue weighted by Gasteiger charge is -2.44. The number of phenols is 2. The maximum atomic E-state index is 14.0. The van der Waals surface area contributed by atoms with Crippen LogP contribution in [0.1, 0.15) is 73.8 Å². The third kappa shape index (κ3) is 5.83. The number of H-pyrrole nitrogens is 1. The second kappa shape index (κ2) is 12.4. The van der Waals surface area contributed by atoms with Crippen LogP contribution >= 0.6 is 0 Å². The fourth-order valence-corrected chi connectivity index (χ4v) is 6.29. The molecule has 8 nitrogen and oxygen atoms in total. The van der Waals surface area contributed by atoms with E-state index in [2.05, 4.69) is 22.2 Å². The lowest BCUT2D eigenvalue weighted by Crippen LogP contribution is -2.68. The van der Waals surface area contributed by atoms with Gasteiger partial charge < -0.3 is 25.8 Å². The third-order valence-electron chi connectivity index (χ3n) is 9.04. The number of phenolic OH excluding ortho intramolecular Hbond substituents is 2. The molecule has 3 aromatic rings. The molecular formula is C38H41N3O5. The summed E-state index contributed by atoms with van der Waals surface area (Å²) in [7, 11) is 0. The van der Waals surface area contributed by atoms with E-state index in [1.54, 1.807) is 12.2 Å². The first-order valence-corrected chi connectivity index (χ1v) is 15.4. The fraction of sp³-hybridized carbons (Fsp3) is 0.289. The number of hydrogen-bond acceptors (Lipinski definition) is 5. The van der Waals surface area contributed by atoms with Gasteiger partial charge in [-0.05, 0) is 50.8 Å². The maximum Gasteiger partial charge on any atom is 0.268 e. The van der Waals surface area contributed by atoms with Crippen LogP contribution in [0.3, 0.4) is 0 Å². The van der Waals surface area contributed by atoms with Crippen LogP contribution in [0.2, 0.25) is 0 Å². The summed E-state index contributed by atoms with van der Waals surface area (Å²) in [5, 5.41) is 28.5. The normalized spacial score (nSPS) is 22.3. The van der Waals surface area contributed by atoms with Crippen LogP contribution in [-0.2, 0) is 21.4 Å². The highest BCUT2D eigenvalue weighted by Crippen LogP contribution is 2.39. The van der Waals surface area contributed by atoms with Gasteiger partial charge in [0.25, 0.3) is 11.8 Å². The summed E-state index contributed by atoms with van der Waals surface area (Å²) in [6.45, 7) is 13.9. The maximum absolute atomic E-state index is 14.0. The predicted molar refractivity (Wildman–Crippen MR) is 182 cm³/mol. The number of carbonyl (C=O) groups is 3. The number of piperazine rings is 1. The Kier molecular flexibility index (Phi) is 8.67. The van der Waals surface area contributed by atoms with Crippen molar-refractivity contribution in [2.75, 3.05) is 0 Å². The van der Waals surface area contributed by atoms with Crippen LogP contribution < -0.4 is 10.6 Å². The van der Waals surface area contributed by atoms with Crippen molar-refractivity contribution in [3.8, 4) is 11.5 Å². The number of para-hydroxylation sites is 1. The minimum absolute atomic E-state index is 0.00724. The summed E-state index contributed by atoms with van der Waals surface area (Å²) in [5.74, 6) is -1.78. The number of aromatic nitrogens is 1. The van der Waals surface area contributed by atoms with Gasteiger partial charge in [-0.25, -0.2) is 0 Å². The topological polar surface area (TPSA) is 132 Å². The molecule has 1 fully saturated rings. The molecule has 1 spiro atoms. The zero-order valence-corrected chi connectivity index (χ0v) is 26.9. The quantitative estimate of drug-likeness (QED) is 0.0838. The standard InChI is InChI=1S/C38H41N3O5/c1-7-37(5,6)34-28(26-10-8-9-11-30(26)39-34)19-31-35(45)41-38(36(46)40-31)20-23(4)13-15-25(38)16-17-27-29(21-42)33(44)24(18-32(27)43)14-12-22(2)3/h7-13,15-19,21,23,25,39,43-44H,1,14,20H2,2-6H3,(H,40,46)(H,41,45)/b17-16+,31-19-/t23-,25-,38-/m1/s1. The van der Waals surface area contributed by atoms with Crippen molar-refractivity contribution in [3.05, 3.63) is 107 Å². The zero-order chi connectivity index (χ0) is 33.4. The van der Waals surface area contributed by atoms with Crippen molar-refractivity contribution < 1.29 is 24.6 Å². The number of fused-ring (bicyclic) bond motifs is 1. The molecule has 1 saturated heterocycles. The Bertz CT molecular complexity index is 1870. The molecule has 1 aliphatic carbocycles. The van der Waals surface area contributed by atoms with E-state index in [1.165, 1.54) is 12.1 Å². The Hall–Kier alpha value is -5.11. The van der Waals surface area contributed by atoms with Crippen molar-refractivity contribution >= 4 is 41.2 Å². The molecule has 238 valence electrons. The zero-order valence-electron chi connectivity index (χ0n) is 26.9. The minimum atomic E-state index is -1.31. The molecular weight excluding hydrogens is 578 g/mol. The first kappa shape index (κ1) is 32.3. The van der Waals surface area contributed by atoms with E-state index in [4.69, 9.17) is 0 Å². The van der Waals surface area contributed by atoms with Gasteiger partial charge in [-0.3, -0.25) is 14.4 Å². The van der Waals surface area contributed by atoms with Gasteiger partial charge in [-0.1, -0.05) is 81.0 Å². The van der Waals surface area contributed by atoms with Crippen LogP contribution in [-0.4, -0.2) is 38.8 Å². The molecule has 2 amide bonds. The number of benzene rings is 2. The van der Waals surface area contributed by atoms with Crippen molar-refractivity contribution in [2.45, 2.75) is 58.4 Å². The number of aromatic hydroxyl groups is 2. The molecule has 46 heavy (non-hydrogen) atoms. The van der Waals surface area contributed by atoms with Crippen LogP contribution in [0, 0.1) is 11.8 Å². The van der Waals surface area contributed by atoms with E-state index in [0.717, 1.165) is 27.7 Å². The lowest BCUT2D eigenvalue weighted by atomic mass is 9.71. The SMILES string of the molecule is C=CC(C)(C)c1[nH]c2ccccc2c1/C=C1\NC(=O)[C@]2(C[C@H](C)C=C[C@@H]2/C=C/c2c(O)cc(CC=C(C)C)c(O)c2C=O)NC1=O. The molecule has 3 atom stereocenters. The van der Waals surface area contributed by atoms with Crippen LogP contribution in [0.5, 0.6) is 11.5 Å². The summed E-state index contributed by atoms with van der Waals surface area (Å²) in [6.07, 6.45) is 13.7. The molecule has 2 aliphatic rings. The predicted octanol–water partition coefficient (Wildman–Crippen LogP) is 6.62. The Morgan fingerprint density at radius 3 is 2.54 bits per heavy atom. The number of allylic oxidation sites excluding steroid dienone is 4. The largest absolute Gasteiger partial charge is 0.507 e. The summed E-state index contributed by atoms with van der Waals surface area (Å²) in [5.41, 5.74) is 2.49. The van der Waals surface area contributed by atoms with Gasteiger partial charge >= 0.3 is 0 Å². The van der Waals surface area contributed by atoms with Gasteiger partial charge in [-0.15, -0.1) is 6.58 Å². The van der Waals surface area contributed by atoms with E-state index in [-0.39, 0.29) is 40.1 Å². The molecule has 5 rings (SSSR count). The van der Waals surface area contributed by atoms with Crippen LogP contribution in [0.15, 0.2) is 78.6 Å². The molecule has 1 aromatic heterocycles. The Morgan fingerprint density at radius 2 is 1.85 bits per heavy atom. The number of aromatic amines is 1. The van der Waals surface area contributed by atoms with Crippen LogP contribution in [0.4, 0.5) is 0 Å². The Balaban J connectivity index is 1.52. The van der Waals surface area contributed by atoms with E-state index in [9.17, 15) is 24.6 Å². The first-order chi connectivity index (χ1) is 21.8. The molecule has 5 N–H and O–H groups in total. The van der Waals surface area contributed by atoms with Gasteiger partial charge in [0, 0.05) is 44.6 Å².